The smallest absolute Gasteiger partial charge is 0.302 e. The largest absolute Gasteiger partial charge is 0.459 e. The van der Waals surface area contributed by atoms with Crippen molar-refractivity contribution in [3.05, 3.63) is 47.8 Å². The van der Waals surface area contributed by atoms with Crippen LogP contribution in [0.5, 0.6) is 0 Å². The van der Waals surface area contributed by atoms with Crippen LogP contribution in [0, 0.1) is 0 Å². The fraction of sp³-hybridized carbons (Fsp3) is 0.353. The summed E-state index contributed by atoms with van der Waals surface area (Å²) >= 11 is 0. The van der Waals surface area contributed by atoms with Crippen LogP contribution in [0.25, 0.3) is 0 Å². The van der Waals surface area contributed by atoms with Crippen molar-refractivity contribution in [1.82, 2.24) is 10.3 Å². The van der Waals surface area contributed by atoms with Gasteiger partial charge in [-0.25, -0.2) is 0 Å². The van der Waals surface area contributed by atoms with Gasteiger partial charge in [0.05, 0.1) is 6.26 Å². The topological polar surface area (TPSA) is 97.4 Å². The van der Waals surface area contributed by atoms with E-state index in [0.29, 0.717) is 6.54 Å². The third-order valence-corrected chi connectivity index (χ3v) is 3.82. The molecule has 1 aliphatic carbocycles. The van der Waals surface area contributed by atoms with Crippen LogP contribution in [0.2, 0.25) is 0 Å². The molecule has 2 heterocycles. The molecule has 3 rings (SSSR count). The minimum absolute atomic E-state index is 0.0449. The zero-order valence-electron chi connectivity index (χ0n) is 13.2. The van der Waals surface area contributed by atoms with Gasteiger partial charge < -0.3 is 14.2 Å². The minimum Gasteiger partial charge on any atom is -0.459 e. The van der Waals surface area contributed by atoms with Crippen molar-refractivity contribution in [1.29, 1.82) is 0 Å². The van der Waals surface area contributed by atoms with Crippen molar-refractivity contribution in [2.24, 2.45) is 0 Å². The van der Waals surface area contributed by atoms with Crippen molar-refractivity contribution >= 4 is 17.8 Å². The highest BCUT2D eigenvalue weighted by Gasteiger charge is 2.16. The van der Waals surface area contributed by atoms with E-state index < -0.39 is 5.91 Å². The van der Waals surface area contributed by atoms with Crippen LogP contribution in [0.3, 0.4) is 0 Å². The van der Waals surface area contributed by atoms with E-state index in [1.54, 1.807) is 6.07 Å². The van der Waals surface area contributed by atoms with Crippen molar-refractivity contribution in [3.63, 3.8) is 0 Å². The van der Waals surface area contributed by atoms with Gasteiger partial charge in [-0.15, -0.1) is 0 Å². The summed E-state index contributed by atoms with van der Waals surface area (Å²) in [7, 11) is 0. The van der Waals surface area contributed by atoms with Crippen molar-refractivity contribution in [2.45, 2.75) is 32.1 Å². The van der Waals surface area contributed by atoms with Crippen LogP contribution in [-0.4, -0.2) is 23.3 Å². The molecule has 0 saturated carbocycles. The quantitative estimate of drug-likeness (QED) is 0.794. The Kier molecular flexibility index (Phi) is 5.10. The van der Waals surface area contributed by atoms with Gasteiger partial charge in [0.1, 0.15) is 6.26 Å². The number of carbonyl (C=O) groups is 2. The lowest BCUT2D eigenvalue weighted by Crippen LogP contribution is -2.25. The summed E-state index contributed by atoms with van der Waals surface area (Å²) in [5.74, 6) is -0.674. The average Bonchev–Trinajstić information content (AvgIpc) is 3.27. The molecule has 7 nitrogen and oxygen atoms in total. The molecular weight excluding hydrogens is 310 g/mol. The number of amides is 2. The molecule has 2 N–H and O–H groups in total. The van der Waals surface area contributed by atoms with Gasteiger partial charge >= 0.3 is 6.01 Å². The number of allylic oxidation sites excluding steroid dienone is 1. The van der Waals surface area contributed by atoms with Crippen LogP contribution < -0.4 is 10.6 Å². The maximum Gasteiger partial charge on any atom is 0.302 e. The van der Waals surface area contributed by atoms with Crippen LogP contribution in [0.1, 0.15) is 53.1 Å². The van der Waals surface area contributed by atoms with Gasteiger partial charge in [-0.05, 0) is 44.2 Å². The second-order valence-electron chi connectivity index (χ2n) is 5.58. The van der Waals surface area contributed by atoms with Gasteiger partial charge in [-0.3, -0.25) is 14.9 Å². The Hall–Kier alpha value is -2.83. The highest BCUT2D eigenvalue weighted by Crippen LogP contribution is 2.19. The van der Waals surface area contributed by atoms with E-state index in [1.807, 2.05) is 0 Å². The van der Waals surface area contributed by atoms with Crippen molar-refractivity contribution in [2.75, 3.05) is 11.9 Å². The first-order valence-electron chi connectivity index (χ1n) is 7.99. The predicted molar refractivity (Wildman–Crippen MR) is 86.7 cm³/mol. The molecule has 126 valence electrons. The number of anilines is 1. The highest BCUT2D eigenvalue weighted by molar-refractivity contribution is 6.01. The Balaban J connectivity index is 1.48. The molecule has 0 saturated heterocycles. The van der Waals surface area contributed by atoms with Gasteiger partial charge in [0.2, 0.25) is 0 Å². The van der Waals surface area contributed by atoms with Crippen LogP contribution in [-0.2, 0) is 0 Å². The first-order valence-corrected chi connectivity index (χ1v) is 7.99. The number of aromatic nitrogens is 1. The first-order chi connectivity index (χ1) is 11.7. The highest BCUT2D eigenvalue weighted by atomic mass is 16.4. The number of furan rings is 1. The van der Waals surface area contributed by atoms with E-state index in [2.05, 4.69) is 21.7 Å². The summed E-state index contributed by atoms with van der Waals surface area (Å²) in [4.78, 5) is 27.8. The lowest BCUT2D eigenvalue weighted by molar-refractivity contribution is 0.0947. The average molecular weight is 329 g/mol. The van der Waals surface area contributed by atoms with E-state index in [4.69, 9.17) is 8.83 Å². The lowest BCUT2D eigenvalue weighted by Gasteiger charge is -2.12. The Morgan fingerprint density at radius 2 is 2.12 bits per heavy atom. The molecule has 1 aliphatic rings. The number of nitrogens with one attached hydrogen (secondary N) is 2. The van der Waals surface area contributed by atoms with E-state index in [0.717, 1.165) is 19.3 Å². The molecule has 24 heavy (non-hydrogen) atoms. The molecule has 0 spiro atoms. The first kappa shape index (κ1) is 16.0. The van der Waals surface area contributed by atoms with E-state index in [1.165, 1.54) is 37.0 Å². The third kappa shape index (κ3) is 4.13. The maximum absolute atomic E-state index is 12.0. The number of carbonyl (C=O) groups excluding carboxylic acids is 2. The summed E-state index contributed by atoms with van der Waals surface area (Å²) in [6.07, 6.45) is 10.4. The van der Waals surface area contributed by atoms with E-state index >= 15 is 0 Å². The van der Waals surface area contributed by atoms with Crippen LogP contribution in [0.15, 0.2) is 45.1 Å². The van der Waals surface area contributed by atoms with Gasteiger partial charge in [-0.1, -0.05) is 11.6 Å². The van der Waals surface area contributed by atoms with E-state index in [-0.39, 0.29) is 23.4 Å². The monoisotopic (exact) mass is 329 g/mol. The van der Waals surface area contributed by atoms with Gasteiger partial charge in [0, 0.05) is 6.54 Å². The second-order valence-corrected chi connectivity index (χ2v) is 5.58. The predicted octanol–water partition coefficient (Wildman–Crippen LogP) is 3.14. The molecule has 0 fully saturated rings. The molecule has 2 aromatic rings. The second kappa shape index (κ2) is 7.63. The molecule has 0 atom stereocenters. The normalized spacial score (nSPS) is 14.1. The summed E-state index contributed by atoms with van der Waals surface area (Å²) in [6.45, 7) is 0.561. The molecule has 0 bridgehead atoms. The maximum atomic E-state index is 12.0. The minimum atomic E-state index is -0.488. The number of nitrogens with zero attached hydrogens (tertiary/aromatic N) is 1. The van der Waals surface area contributed by atoms with E-state index in [9.17, 15) is 9.59 Å². The molecule has 0 unspecified atom stereocenters. The zero-order valence-corrected chi connectivity index (χ0v) is 13.2. The molecule has 0 aromatic carbocycles. The lowest BCUT2D eigenvalue weighted by atomic mass is 9.97. The summed E-state index contributed by atoms with van der Waals surface area (Å²) in [6, 6.07) is 3.08. The molecule has 0 radical (unpaired) electrons. The standard InChI is InChI=1S/C17H19N3O4/c21-15(18-9-8-12-5-2-1-3-6-12)13-11-24-17(19-13)20-16(22)14-7-4-10-23-14/h4-5,7,10-11H,1-3,6,8-9H2,(H,18,21)(H,19,20,22). The number of hydrogen-bond donors (Lipinski definition) is 2. The molecule has 7 heteroatoms. The van der Waals surface area contributed by atoms with Gasteiger partial charge in [-0.2, -0.15) is 4.98 Å². The SMILES string of the molecule is O=C(NCCC1=CCCCC1)c1coc(NC(=O)c2ccco2)n1. The zero-order chi connectivity index (χ0) is 16.8. The van der Waals surface area contributed by atoms with Gasteiger partial charge in [0.25, 0.3) is 11.8 Å². The number of hydrogen-bond acceptors (Lipinski definition) is 5. The third-order valence-electron chi connectivity index (χ3n) is 3.82. The number of oxazole rings is 1. The summed E-state index contributed by atoms with van der Waals surface area (Å²) < 4.78 is 10.1. The molecule has 2 aromatic heterocycles. The fourth-order valence-corrected chi connectivity index (χ4v) is 2.56. The summed E-state index contributed by atoms with van der Waals surface area (Å²) in [5.41, 5.74) is 1.52. The fourth-order valence-electron chi connectivity index (χ4n) is 2.56. The van der Waals surface area contributed by atoms with Crippen LogP contribution in [0.4, 0.5) is 6.01 Å². The van der Waals surface area contributed by atoms with Crippen molar-refractivity contribution < 1.29 is 18.4 Å². The molecule has 0 aliphatic heterocycles. The Labute approximate surface area is 139 Å². The Morgan fingerprint density at radius 1 is 1.21 bits per heavy atom. The molecule has 2 amide bonds. The van der Waals surface area contributed by atoms with Crippen LogP contribution >= 0.6 is 0 Å². The van der Waals surface area contributed by atoms with Crippen molar-refractivity contribution in [3.8, 4) is 0 Å². The Morgan fingerprint density at radius 3 is 2.88 bits per heavy atom. The van der Waals surface area contributed by atoms with Gasteiger partial charge in [0.15, 0.2) is 11.5 Å². The summed E-state index contributed by atoms with van der Waals surface area (Å²) in [5, 5.41) is 5.23. The Bertz CT molecular complexity index is 731. The molecular formula is C17H19N3O4. The number of rotatable bonds is 6.